The van der Waals surface area contributed by atoms with E-state index < -0.39 is 0 Å². The lowest BCUT2D eigenvalue weighted by atomic mass is 10.2. The van der Waals surface area contributed by atoms with Crippen molar-refractivity contribution in [3.05, 3.63) is 24.3 Å². The first-order chi connectivity index (χ1) is 9.17. The Hall–Kier alpha value is -2.15. The summed E-state index contributed by atoms with van der Waals surface area (Å²) in [6.07, 6.45) is 7.32. The second kappa shape index (κ2) is 8.04. The van der Waals surface area contributed by atoms with Crippen LogP contribution in [-0.2, 0) is 4.79 Å². The number of nitrogens with two attached hydrogens (primary N) is 1. The minimum atomic E-state index is -0.195. The fourth-order valence-corrected chi connectivity index (χ4v) is 1.62. The van der Waals surface area contributed by atoms with Gasteiger partial charge in [-0.2, -0.15) is 0 Å². The number of amides is 1. The Morgan fingerprint density at radius 2 is 2.26 bits per heavy atom. The third-order valence-corrected chi connectivity index (χ3v) is 2.62. The molecule has 1 unspecified atom stereocenters. The van der Waals surface area contributed by atoms with Crippen LogP contribution in [0.2, 0.25) is 0 Å². The first-order valence-corrected chi connectivity index (χ1v) is 6.40. The molecule has 0 spiro atoms. The minimum absolute atomic E-state index is 0.106. The molecule has 19 heavy (non-hydrogen) atoms. The van der Waals surface area contributed by atoms with E-state index in [-0.39, 0.29) is 25.0 Å². The molecular formula is C15H20N2O2. The number of hydrogen-bond acceptors (Lipinski definition) is 3. The maximum atomic E-state index is 11.6. The zero-order valence-electron chi connectivity index (χ0n) is 11.2. The SMILES string of the molecule is C#CC(CCC)NC(=O)CCOc1ccccc1N. The number of nitrogen functional groups attached to an aromatic ring is 1. The second-order valence-corrected chi connectivity index (χ2v) is 4.21. The van der Waals surface area contributed by atoms with E-state index in [1.165, 1.54) is 0 Å². The van der Waals surface area contributed by atoms with E-state index in [4.69, 9.17) is 16.9 Å². The van der Waals surface area contributed by atoms with Gasteiger partial charge in [-0.05, 0) is 18.6 Å². The van der Waals surface area contributed by atoms with E-state index in [9.17, 15) is 4.79 Å². The number of rotatable bonds is 7. The van der Waals surface area contributed by atoms with Crippen molar-refractivity contribution >= 4 is 11.6 Å². The summed E-state index contributed by atoms with van der Waals surface area (Å²) in [6.45, 7) is 2.31. The lowest BCUT2D eigenvalue weighted by Gasteiger charge is -2.12. The Bertz CT molecular complexity index is 452. The summed E-state index contributed by atoms with van der Waals surface area (Å²) < 4.78 is 5.45. The average molecular weight is 260 g/mol. The number of benzene rings is 1. The average Bonchev–Trinajstić information content (AvgIpc) is 2.40. The fraction of sp³-hybridized carbons (Fsp3) is 0.400. The normalized spacial score (nSPS) is 11.4. The molecule has 0 radical (unpaired) electrons. The third-order valence-electron chi connectivity index (χ3n) is 2.62. The van der Waals surface area contributed by atoms with E-state index in [0.29, 0.717) is 11.4 Å². The molecule has 0 aromatic heterocycles. The zero-order valence-corrected chi connectivity index (χ0v) is 11.2. The number of para-hydroxylation sites is 2. The summed E-state index contributed by atoms with van der Waals surface area (Å²) in [5, 5.41) is 2.78. The molecule has 0 bridgehead atoms. The highest BCUT2D eigenvalue weighted by atomic mass is 16.5. The van der Waals surface area contributed by atoms with E-state index >= 15 is 0 Å². The highest BCUT2D eigenvalue weighted by molar-refractivity contribution is 5.76. The molecule has 1 atom stereocenters. The van der Waals surface area contributed by atoms with Gasteiger partial charge in [0, 0.05) is 0 Å². The van der Waals surface area contributed by atoms with Gasteiger partial charge in [0.25, 0.3) is 0 Å². The van der Waals surface area contributed by atoms with Crippen molar-refractivity contribution in [1.29, 1.82) is 0 Å². The van der Waals surface area contributed by atoms with Gasteiger partial charge < -0.3 is 15.8 Å². The van der Waals surface area contributed by atoms with Crippen LogP contribution in [0.3, 0.4) is 0 Å². The van der Waals surface area contributed by atoms with Gasteiger partial charge in [0.2, 0.25) is 5.91 Å². The van der Waals surface area contributed by atoms with Crippen molar-refractivity contribution in [2.45, 2.75) is 32.2 Å². The number of carbonyl (C=O) groups excluding carboxylic acids is 1. The van der Waals surface area contributed by atoms with Crippen molar-refractivity contribution in [3.8, 4) is 18.1 Å². The van der Waals surface area contributed by atoms with Crippen LogP contribution in [0.1, 0.15) is 26.2 Å². The molecule has 0 saturated carbocycles. The molecule has 0 aliphatic carbocycles. The van der Waals surface area contributed by atoms with Gasteiger partial charge >= 0.3 is 0 Å². The smallest absolute Gasteiger partial charge is 0.224 e. The predicted octanol–water partition coefficient (Wildman–Crippen LogP) is 1.96. The summed E-state index contributed by atoms with van der Waals surface area (Å²) >= 11 is 0. The number of carbonyl (C=O) groups is 1. The van der Waals surface area contributed by atoms with Crippen LogP contribution in [0.5, 0.6) is 5.75 Å². The van der Waals surface area contributed by atoms with Crippen LogP contribution in [0.4, 0.5) is 5.69 Å². The highest BCUT2D eigenvalue weighted by Gasteiger charge is 2.08. The molecule has 3 N–H and O–H groups in total. The predicted molar refractivity (Wildman–Crippen MR) is 76.6 cm³/mol. The van der Waals surface area contributed by atoms with Crippen molar-refractivity contribution in [1.82, 2.24) is 5.32 Å². The van der Waals surface area contributed by atoms with Crippen molar-refractivity contribution < 1.29 is 9.53 Å². The van der Waals surface area contributed by atoms with Crippen LogP contribution in [0, 0.1) is 12.3 Å². The lowest BCUT2D eigenvalue weighted by Crippen LogP contribution is -2.34. The number of nitrogens with one attached hydrogen (secondary N) is 1. The van der Waals surface area contributed by atoms with Gasteiger partial charge in [0.1, 0.15) is 5.75 Å². The maximum Gasteiger partial charge on any atom is 0.224 e. The van der Waals surface area contributed by atoms with Crippen molar-refractivity contribution in [2.24, 2.45) is 0 Å². The Morgan fingerprint density at radius 3 is 2.89 bits per heavy atom. The number of ether oxygens (including phenoxy) is 1. The molecule has 0 saturated heterocycles. The molecular weight excluding hydrogens is 240 g/mol. The van der Waals surface area contributed by atoms with E-state index in [0.717, 1.165) is 12.8 Å². The molecule has 4 nitrogen and oxygen atoms in total. The number of terminal acetylenes is 1. The van der Waals surface area contributed by atoms with Gasteiger partial charge in [-0.1, -0.05) is 31.4 Å². The molecule has 1 aromatic carbocycles. The molecule has 102 valence electrons. The van der Waals surface area contributed by atoms with E-state index in [2.05, 4.69) is 11.2 Å². The summed E-state index contributed by atoms with van der Waals surface area (Å²) in [5.41, 5.74) is 6.29. The second-order valence-electron chi connectivity index (χ2n) is 4.21. The van der Waals surface area contributed by atoms with Gasteiger partial charge in [-0.25, -0.2) is 0 Å². The molecule has 1 amide bonds. The molecule has 0 fully saturated rings. The number of hydrogen-bond donors (Lipinski definition) is 2. The van der Waals surface area contributed by atoms with Gasteiger partial charge in [0.05, 0.1) is 24.8 Å². The minimum Gasteiger partial charge on any atom is -0.491 e. The molecule has 0 aliphatic heterocycles. The van der Waals surface area contributed by atoms with Gasteiger partial charge in [-0.3, -0.25) is 4.79 Å². The van der Waals surface area contributed by atoms with Crippen LogP contribution in [0.15, 0.2) is 24.3 Å². The van der Waals surface area contributed by atoms with Crippen LogP contribution in [-0.4, -0.2) is 18.6 Å². The summed E-state index contributed by atoms with van der Waals surface area (Å²) in [4.78, 5) is 11.6. The summed E-state index contributed by atoms with van der Waals surface area (Å²) in [6, 6.07) is 7.00. The maximum absolute atomic E-state index is 11.6. The van der Waals surface area contributed by atoms with E-state index in [1.807, 2.05) is 19.1 Å². The monoisotopic (exact) mass is 260 g/mol. The fourth-order valence-electron chi connectivity index (χ4n) is 1.62. The topological polar surface area (TPSA) is 64.3 Å². The number of anilines is 1. The lowest BCUT2D eigenvalue weighted by molar-refractivity contribution is -0.121. The van der Waals surface area contributed by atoms with Crippen LogP contribution < -0.4 is 15.8 Å². The Kier molecular flexibility index (Phi) is 6.31. The van der Waals surface area contributed by atoms with E-state index in [1.54, 1.807) is 12.1 Å². The van der Waals surface area contributed by atoms with Crippen LogP contribution >= 0.6 is 0 Å². The largest absolute Gasteiger partial charge is 0.491 e. The first kappa shape index (κ1) is 14.9. The molecule has 0 aliphatic rings. The molecule has 1 rings (SSSR count). The zero-order chi connectivity index (χ0) is 14.1. The standard InChI is InChI=1S/C15H20N2O2/c1-3-7-12(4-2)17-15(18)10-11-19-14-9-6-5-8-13(14)16/h2,5-6,8-9,12H,3,7,10-11,16H2,1H3,(H,17,18). The van der Waals surface area contributed by atoms with Crippen LogP contribution in [0.25, 0.3) is 0 Å². The third kappa shape index (κ3) is 5.35. The van der Waals surface area contributed by atoms with Crippen molar-refractivity contribution in [3.63, 3.8) is 0 Å². The van der Waals surface area contributed by atoms with Gasteiger partial charge in [0.15, 0.2) is 0 Å². The highest BCUT2D eigenvalue weighted by Crippen LogP contribution is 2.19. The molecule has 1 aromatic rings. The molecule has 4 heteroatoms. The molecule has 0 heterocycles. The first-order valence-electron chi connectivity index (χ1n) is 6.40. The Balaban J connectivity index is 2.31. The van der Waals surface area contributed by atoms with Gasteiger partial charge in [-0.15, -0.1) is 6.42 Å². The van der Waals surface area contributed by atoms with Crippen molar-refractivity contribution in [2.75, 3.05) is 12.3 Å². The summed E-state index contributed by atoms with van der Waals surface area (Å²) in [7, 11) is 0. The summed E-state index contributed by atoms with van der Waals surface area (Å²) in [5.74, 6) is 3.05. The Labute approximate surface area is 114 Å². The Morgan fingerprint density at radius 1 is 1.53 bits per heavy atom. The quantitative estimate of drug-likeness (QED) is 0.582.